The van der Waals surface area contributed by atoms with Crippen LogP contribution in [0.2, 0.25) is 0 Å². The zero-order chi connectivity index (χ0) is 20.8. The Morgan fingerprint density at radius 3 is 2.57 bits per heavy atom. The molecule has 2 saturated heterocycles. The van der Waals surface area contributed by atoms with Gasteiger partial charge in [0.15, 0.2) is 5.82 Å². The van der Waals surface area contributed by atoms with E-state index in [4.69, 9.17) is 0 Å². The van der Waals surface area contributed by atoms with E-state index in [1.54, 1.807) is 0 Å². The van der Waals surface area contributed by atoms with Gasteiger partial charge in [0, 0.05) is 31.1 Å². The highest BCUT2D eigenvalue weighted by Gasteiger charge is 2.25. The van der Waals surface area contributed by atoms with Gasteiger partial charge in [-0.15, -0.1) is 10.2 Å². The quantitative estimate of drug-likeness (QED) is 0.714. The molecule has 0 radical (unpaired) electrons. The standard InChI is InChI=1S/C24H33N5O/c1-19-6-4-7-21(18-19)22-8-9-23(27-26-22)29-16-10-20(11-17-29)24(30)25-12-5-15-28-13-2-3-14-28/h4,6-9,18,20H,2-3,5,10-17H2,1H3,(H,25,30). The van der Waals surface area contributed by atoms with Crippen molar-refractivity contribution in [3.63, 3.8) is 0 Å². The number of piperidine rings is 1. The third-order valence-corrected chi connectivity index (χ3v) is 6.30. The molecule has 1 aromatic heterocycles. The average molecular weight is 408 g/mol. The first-order valence-electron chi connectivity index (χ1n) is 11.3. The molecule has 0 aliphatic carbocycles. The minimum atomic E-state index is 0.118. The molecule has 6 nitrogen and oxygen atoms in total. The number of hydrogen-bond acceptors (Lipinski definition) is 5. The van der Waals surface area contributed by atoms with E-state index in [2.05, 4.69) is 50.4 Å². The van der Waals surface area contributed by atoms with Crippen LogP contribution >= 0.6 is 0 Å². The van der Waals surface area contributed by atoms with Crippen LogP contribution < -0.4 is 10.2 Å². The van der Waals surface area contributed by atoms with Crippen molar-refractivity contribution in [1.82, 2.24) is 20.4 Å². The predicted molar refractivity (Wildman–Crippen MR) is 120 cm³/mol. The van der Waals surface area contributed by atoms with E-state index < -0.39 is 0 Å². The molecule has 0 bridgehead atoms. The molecular formula is C24H33N5O. The van der Waals surface area contributed by atoms with E-state index in [1.807, 2.05) is 18.2 Å². The molecule has 3 heterocycles. The maximum absolute atomic E-state index is 12.5. The largest absolute Gasteiger partial charge is 0.356 e. The second-order valence-electron chi connectivity index (χ2n) is 8.60. The zero-order valence-corrected chi connectivity index (χ0v) is 18.0. The number of nitrogens with zero attached hydrogens (tertiary/aromatic N) is 4. The summed E-state index contributed by atoms with van der Waals surface area (Å²) in [6, 6.07) is 12.4. The molecule has 30 heavy (non-hydrogen) atoms. The van der Waals surface area contributed by atoms with Gasteiger partial charge in [0.25, 0.3) is 0 Å². The lowest BCUT2D eigenvalue weighted by Crippen LogP contribution is -2.41. The Labute approximate surface area is 179 Å². The molecule has 0 atom stereocenters. The van der Waals surface area contributed by atoms with Gasteiger partial charge >= 0.3 is 0 Å². The Morgan fingerprint density at radius 2 is 1.87 bits per heavy atom. The van der Waals surface area contributed by atoms with Crippen molar-refractivity contribution < 1.29 is 4.79 Å². The third kappa shape index (κ3) is 5.36. The molecule has 1 aromatic carbocycles. The first-order chi connectivity index (χ1) is 14.7. The lowest BCUT2D eigenvalue weighted by molar-refractivity contribution is -0.125. The number of rotatable bonds is 7. The van der Waals surface area contributed by atoms with Crippen LogP contribution in [0.4, 0.5) is 5.82 Å². The molecule has 6 heteroatoms. The number of hydrogen-bond donors (Lipinski definition) is 1. The lowest BCUT2D eigenvalue weighted by atomic mass is 9.96. The van der Waals surface area contributed by atoms with Gasteiger partial charge in [-0.2, -0.15) is 0 Å². The number of nitrogens with one attached hydrogen (secondary N) is 1. The summed E-state index contributed by atoms with van der Waals surface area (Å²) in [4.78, 5) is 17.2. The van der Waals surface area contributed by atoms with Crippen molar-refractivity contribution in [3.8, 4) is 11.3 Å². The van der Waals surface area contributed by atoms with Crippen molar-refractivity contribution in [1.29, 1.82) is 0 Å². The minimum absolute atomic E-state index is 0.118. The first kappa shape index (κ1) is 20.8. The van der Waals surface area contributed by atoms with Crippen molar-refractivity contribution in [2.24, 2.45) is 5.92 Å². The van der Waals surface area contributed by atoms with Crippen LogP contribution in [0.5, 0.6) is 0 Å². The zero-order valence-electron chi connectivity index (χ0n) is 18.0. The van der Waals surface area contributed by atoms with E-state index in [9.17, 15) is 4.79 Å². The van der Waals surface area contributed by atoms with E-state index in [1.165, 1.54) is 31.5 Å². The fourth-order valence-corrected chi connectivity index (χ4v) is 4.49. The van der Waals surface area contributed by atoms with Gasteiger partial charge in [0.1, 0.15) is 0 Å². The Balaban J connectivity index is 1.21. The van der Waals surface area contributed by atoms with E-state index >= 15 is 0 Å². The summed E-state index contributed by atoms with van der Waals surface area (Å²) in [6.07, 6.45) is 5.44. The molecule has 2 aromatic rings. The number of benzene rings is 1. The van der Waals surface area contributed by atoms with E-state index in [-0.39, 0.29) is 11.8 Å². The Kier molecular flexibility index (Phi) is 6.95. The molecule has 4 rings (SSSR count). The smallest absolute Gasteiger partial charge is 0.223 e. The molecule has 2 aliphatic rings. The van der Waals surface area contributed by atoms with Crippen molar-refractivity contribution >= 4 is 11.7 Å². The van der Waals surface area contributed by atoms with Gasteiger partial charge in [-0.05, 0) is 76.9 Å². The van der Waals surface area contributed by atoms with Crippen molar-refractivity contribution in [3.05, 3.63) is 42.0 Å². The van der Waals surface area contributed by atoms with Crippen LogP contribution in [0.1, 0.15) is 37.7 Å². The molecule has 160 valence electrons. The van der Waals surface area contributed by atoms with Crippen molar-refractivity contribution in [2.45, 2.75) is 39.0 Å². The third-order valence-electron chi connectivity index (χ3n) is 6.30. The number of carbonyl (C=O) groups is 1. The number of aryl methyl sites for hydroxylation is 1. The van der Waals surface area contributed by atoms with Crippen LogP contribution in [0.15, 0.2) is 36.4 Å². The number of carbonyl (C=O) groups excluding carboxylic acids is 1. The van der Waals surface area contributed by atoms with Gasteiger partial charge in [-0.25, -0.2) is 0 Å². The van der Waals surface area contributed by atoms with Gasteiger partial charge < -0.3 is 15.1 Å². The van der Waals surface area contributed by atoms with Gasteiger partial charge in [0.05, 0.1) is 5.69 Å². The number of amides is 1. The highest BCUT2D eigenvalue weighted by atomic mass is 16.1. The summed E-state index contributed by atoms with van der Waals surface area (Å²) in [5.41, 5.74) is 3.20. The number of aromatic nitrogens is 2. The van der Waals surface area contributed by atoms with Gasteiger partial charge in [-0.3, -0.25) is 4.79 Å². The average Bonchev–Trinajstić information content (AvgIpc) is 3.30. The topological polar surface area (TPSA) is 61.4 Å². The van der Waals surface area contributed by atoms with Crippen LogP contribution in [0, 0.1) is 12.8 Å². The van der Waals surface area contributed by atoms with Crippen LogP contribution in [-0.4, -0.2) is 60.3 Å². The maximum atomic E-state index is 12.5. The minimum Gasteiger partial charge on any atom is -0.356 e. The van der Waals surface area contributed by atoms with Crippen LogP contribution in [0.25, 0.3) is 11.3 Å². The molecule has 0 saturated carbocycles. The van der Waals surface area contributed by atoms with Gasteiger partial charge in [-0.1, -0.05) is 23.8 Å². The molecule has 0 spiro atoms. The SMILES string of the molecule is Cc1cccc(-c2ccc(N3CCC(C(=O)NCCCN4CCCC4)CC3)nn2)c1. The molecular weight excluding hydrogens is 374 g/mol. The lowest BCUT2D eigenvalue weighted by Gasteiger charge is -2.31. The molecule has 1 amide bonds. The summed E-state index contributed by atoms with van der Waals surface area (Å²) in [5.74, 6) is 1.24. The molecule has 0 unspecified atom stereocenters. The predicted octanol–water partition coefficient (Wildman–Crippen LogP) is 3.27. The van der Waals surface area contributed by atoms with Gasteiger partial charge in [0.2, 0.25) is 5.91 Å². The highest BCUT2D eigenvalue weighted by Crippen LogP contribution is 2.24. The fourth-order valence-electron chi connectivity index (χ4n) is 4.49. The summed E-state index contributed by atoms with van der Waals surface area (Å²) in [6.45, 7) is 8.13. The first-order valence-corrected chi connectivity index (χ1v) is 11.3. The fraction of sp³-hybridized carbons (Fsp3) is 0.542. The number of likely N-dealkylation sites (tertiary alicyclic amines) is 1. The normalized spacial score (nSPS) is 18.0. The molecule has 2 aliphatic heterocycles. The Morgan fingerprint density at radius 1 is 1.07 bits per heavy atom. The molecule has 2 fully saturated rings. The second kappa shape index (κ2) is 10.0. The van der Waals surface area contributed by atoms with Crippen molar-refractivity contribution in [2.75, 3.05) is 44.2 Å². The summed E-state index contributed by atoms with van der Waals surface area (Å²) in [5, 5.41) is 12.0. The monoisotopic (exact) mass is 407 g/mol. The van der Waals surface area contributed by atoms with Crippen LogP contribution in [-0.2, 0) is 4.79 Å². The summed E-state index contributed by atoms with van der Waals surface area (Å²) < 4.78 is 0. The highest BCUT2D eigenvalue weighted by molar-refractivity contribution is 5.78. The second-order valence-corrected chi connectivity index (χ2v) is 8.60. The van der Waals surface area contributed by atoms with E-state index in [0.717, 1.165) is 62.5 Å². The Bertz CT molecular complexity index is 824. The molecule has 1 N–H and O–H groups in total. The Hall–Kier alpha value is -2.47. The number of anilines is 1. The van der Waals surface area contributed by atoms with Crippen LogP contribution in [0.3, 0.4) is 0 Å². The summed E-state index contributed by atoms with van der Waals surface area (Å²) >= 11 is 0. The summed E-state index contributed by atoms with van der Waals surface area (Å²) in [7, 11) is 0. The maximum Gasteiger partial charge on any atom is 0.223 e. The van der Waals surface area contributed by atoms with E-state index in [0.29, 0.717) is 0 Å².